The van der Waals surface area contributed by atoms with Crippen LogP contribution in [0.25, 0.3) is 10.9 Å². The second-order valence-electron chi connectivity index (χ2n) is 7.07. The SMILES string of the molecule is COc1c(N2C[C@@H](C)N[C@@H](C)C2)c(F)cc2c(=O)c(C(=O)O)cn(CCF)c12. The Hall–Kier alpha value is -2.68. The minimum absolute atomic E-state index is 0.0961. The molecular weight excluding hydrogens is 372 g/mol. The minimum Gasteiger partial charge on any atom is -0.492 e. The number of ether oxygens (including phenoxy) is 1. The van der Waals surface area contributed by atoms with E-state index in [1.54, 1.807) is 0 Å². The smallest absolute Gasteiger partial charge is 0.341 e. The Kier molecular flexibility index (Phi) is 5.55. The fourth-order valence-corrected chi connectivity index (χ4v) is 3.91. The molecule has 2 N–H and O–H groups in total. The average molecular weight is 395 g/mol. The number of alkyl halides is 1. The van der Waals surface area contributed by atoms with Crippen LogP contribution in [-0.4, -0.2) is 54.6 Å². The highest BCUT2D eigenvalue weighted by atomic mass is 19.1. The van der Waals surface area contributed by atoms with Crippen LogP contribution in [0.1, 0.15) is 24.2 Å². The summed E-state index contributed by atoms with van der Waals surface area (Å²) in [4.78, 5) is 25.8. The van der Waals surface area contributed by atoms with Crippen molar-refractivity contribution in [2.75, 3.05) is 31.8 Å². The van der Waals surface area contributed by atoms with Gasteiger partial charge in [-0.15, -0.1) is 0 Å². The molecule has 3 rings (SSSR count). The monoisotopic (exact) mass is 395 g/mol. The molecule has 0 amide bonds. The predicted octanol–water partition coefficient (Wildman–Crippen LogP) is 2.00. The molecule has 0 aliphatic carbocycles. The van der Waals surface area contributed by atoms with Crippen molar-refractivity contribution in [3.8, 4) is 5.75 Å². The lowest BCUT2D eigenvalue weighted by molar-refractivity contribution is 0.0694. The maximum absolute atomic E-state index is 15.1. The Labute approximate surface area is 160 Å². The molecule has 2 aromatic rings. The molecule has 7 nitrogen and oxygen atoms in total. The number of aromatic carboxylic acids is 1. The Morgan fingerprint density at radius 2 is 2.00 bits per heavy atom. The highest BCUT2D eigenvalue weighted by Gasteiger charge is 2.29. The summed E-state index contributed by atoms with van der Waals surface area (Å²) in [7, 11) is 1.35. The Morgan fingerprint density at radius 3 is 2.54 bits per heavy atom. The minimum atomic E-state index is -1.45. The number of halogens is 2. The molecule has 0 bridgehead atoms. The number of fused-ring (bicyclic) bond motifs is 1. The van der Waals surface area contributed by atoms with Crippen molar-refractivity contribution in [1.82, 2.24) is 9.88 Å². The number of piperazine rings is 1. The first-order valence-corrected chi connectivity index (χ1v) is 9.02. The number of aromatic nitrogens is 1. The Bertz CT molecular complexity index is 966. The van der Waals surface area contributed by atoms with Crippen LogP contribution in [0.2, 0.25) is 0 Å². The lowest BCUT2D eigenvalue weighted by atomic mass is 10.1. The molecule has 1 aliphatic heterocycles. The number of rotatable bonds is 5. The molecule has 1 aromatic heterocycles. The number of pyridine rings is 1. The van der Waals surface area contributed by atoms with Gasteiger partial charge in [0.05, 0.1) is 24.6 Å². The second kappa shape index (κ2) is 7.75. The fraction of sp³-hybridized carbons (Fsp3) is 0.474. The Morgan fingerprint density at radius 1 is 1.36 bits per heavy atom. The molecule has 0 spiro atoms. The summed E-state index contributed by atoms with van der Waals surface area (Å²) < 4.78 is 35.0. The summed E-state index contributed by atoms with van der Waals surface area (Å²) >= 11 is 0. The highest BCUT2D eigenvalue weighted by Crippen LogP contribution is 2.38. The van der Waals surface area contributed by atoms with Crippen LogP contribution in [-0.2, 0) is 6.54 Å². The predicted molar refractivity (Wildman–Crippen MR) is 102 cm³/mol. The number of hydrogen-bond donors (Lipinski definition) is 2. The number of carboxylic acid groups (broad SMARTS) is 1. The van der Waals surface area contributed by atoms with Gasteiger partial charge in [-0.3, -0.25) is 4.79 Å². The van der Waals surface area contributed by atoms with E-state index in [2.05, 4.69) is 5.32 Å². The molecule has 1 saturated heterocycles. The third kappa shape index (κ3) is 3.42. The summed E-state index contributed by atoms with van der Waals surface area (Å²) in [5.74, 6) is -2.04. The van der Waals surface area contributed by atoms with E-state index in [0.29, 0.717) is 13.1 Å². The van der Waals surface area contributed by atoms with Crippen molar-refractivity contribution < 1.29 is 23.4 Å². The first-order valence-electron chi connectivity index (χ1n) is 9.02. The van der Waals surface area contributed by atoms with Crippen molar-refractivity contribution >= 4 is 22.6 Å². The van der Waals surface area contributed by atoms with Gasteiger partial charge in [0.15, 0.2) is 11.6 Å². The first kappa shape index (κ1) is 20.1. The van der Waals surface area contributed by atoms with Crippen LogP contribution < -0.4 is 20.4 Å². The van der Waals surface area contributed by atoms with Gasteiger partial charge in [0.1, 0.15) is 17.9 Å². The van der Waals surface area contributed by atoms with Gasteiger partial charge in [0.2, 0.25) is 5.43 Å². The summed E-state index contributed by atoms with van der Waals surface area (Å²) in [6.45, 7) is 4.02. The van der Waals surface area contributed by atoms with Gasteiger partial charge in [-0.25, -0.2) is 13.6 Å². The van der Waals surface area contributed by atoms with Gasteiger partial charge >= 0.3 is 5.97 Å². The number of hydrogen-bond acceptors (Lipinski definition) is 5. The molecule has 2 atom stereocenters. The quantitative estimate of drug-likeness (QED) is 0.806. The number of carboxylic acids is 1. The van der Waals surface area contributed by atoms with Crippen molar-refractivity contribution in [3.05, 3.63) is 33.9 Å². The lowest BCUT2D eigenvalue weighted by Gasteiger charge is -2.38. The van der Waals surface area contributed by atoms with Crippen LogP contribution in [0.4, 0.5) is 14.5 Å². The van der Waals surface area contributed by atoms with Gasteiger partial charge in [-0.1, -0.05) is 0 Å². The summed E-state index contributed by atoms with van der Waals surface area (Å²) in [5.41, 5.74) is -1.00. The number of methoxy groups -OCH3 is 1. The number of nitrogens with one attached hydrogen (secondary N) is 1. The summed E-state index contributed by atoms with van der Waals surface area (Å²) in [6.07, 6.45) is 1.08. The van der Waals surface area contributed by atoms with Gasteiger partial charge < -0.3 is 24.6 Å². The van der Waals surface area contributed by atoms with E-state index < -0.39 is 29.5 Å². The molecule has 9 heteroatoms. The Balaban J connectivity index is 2.34. The van der Waals surface area contributed by atoms with Crippen LogP contribution in [0.15, 0.2) is 17.1 Å². The second-order valence-corrected chi connectivity index (χ2v) is 7.07. The zero-order valence-corrected chi connectivity index (χ0v) is 16.0. The lowest BCUT2D eigenvalue weighted by Crippen LogP contribution is -2.54. The molecule has 0 radical (unpaired) electrons. The van der Waals surface area contributed by atoms with Gasteiger partial charge in [0, 0.05) is 31.4 Å². The van der Waals surface area contributed by atoms with E-state index >= 15 is 4.39 Å². The van der Waals surface area contributed by atoms with Gasteiger partial charge in [0.25, 0.3) is 0 Å². The zero-order valence-electron chi connectivity index (χ0n) is 16.0. The molecule has 2 heterocycles. The number of aryl methyl sites for hydroxylation is 1. The molecule has 0 saturated carbocycles. The van der Waals surface area contributed by atoms with E-state index in [0.717, 1.165) is 12.3 Å². The number of nitrogens with zero attached hydrogens (tertiary/aromatic N) is 2. The van der Waals surface area contributed by atoms with Crippen molar-refractivity contribution in [1.29, 1.82) is 0 Å². The van der Waals surface area contributed by atoms with Crippen molar-refractivity contribution in [2.45, 2.75) is 32.5 Å². The third-order valence-corrected chi connectivity index (χ3v) is 4.88. The fourth-order valence-electron chi connectivity index (χ4n) is 3.91. The third-order valence-electron chi connectivity index (χ3n) is 4.88. The normalized spacial score (nSPS) is 19.8. The van der Waals surface area contributed by atoms with Crippen LogP contribution in [0.5, 0.6) is 5.75 Å². The molecule has 0 unspecified atom stereocenters. The van der Waals surface area contributed by atoms with Crippen LogP contribution in [0.3, 0.4) is 0 Å². The van der Waals surface area contributed by atoms with Gasteiger partial charge in [-0.2, -0.15) is 0 Å². The van der Waals surface area contributed by atoms with E-state index in [1.807, 2.05) is 18.7 Å². The summed E-state index contributed by atoms with van der Waals surface area (Å²) in [5, 5.41) is 12.5. The van der Waals surface area contributed by atoms with E-state index in [4.69, 9.17) is 4.74 Å². The maximum Gasteiger partial charge on any atom is 0.341 e. The zero-order chi connectivity index (χ0) is 20.6. The standard InChI is InChI=1S/C19H23F2N3O4/c1-10-7-24(8-11(2)22-10)16-14(21)6-12-15(18(16)28-3)23(5-4-20)9-13(17(12)25)19(26)27/h6,9-11,22H,4-5,7-8H2,1-3H3,(H,26,27)/t10-,11+. The molecule has 1 aliphatic rings. The number of benzene rings is 1. The highest BCUT2D eigenvalue weighted by molar-refractivity contribution is 5.97. The van der Waals surface area contributed by atoms with E-state index in [-0.39, 0.29) is 41.0 Å². The first-order chi connectivity index (χ1) is 13.3. The topological polar surface area (TPSA) is 83.8 Å². The summed E-state index contributed by atoms with van der Waals surface area (Å²) in [6, 6.07) is 1.23. The number of anilines is 1. The van der Waals surface area contributed by atoms with Crippen LogP contribution in [0, 0.1) is 5.82 Å². The number of carbonyl (C=O) groups is 1. The van der Waals surface area contributed by atoms with Gasteiger partial charge in [-0.05, 0) is 19.9 Å². The molecule has 28 heavy (non-hydrogen) atoms. The molecule has 1 aromatic carbocycles. The molecular formula is C19H23F2N3O4. The average Bonchev–Trinajstić information content (AvgIpc) is 2.62. The van der Waals surface area contributed by atoms with Crippen LogP contribution >= 0.6 is 0 Å². The largest absolute Gasteiger partial charge is 0.492 e. The maximum atomic E-state index is 15.1. The van der Waals surface area contributed by atoms with Crippen molar-refractivity contribution in [2.24, 2.45) is 0 Å². The molecule has 152 valence electrons. The van der Waals surface area contributed by atoms with Crippen molar-refractivity contribution in [3.63, 3.8) is 0 Å². The van der Waals surface area contributed by atoms with E-state index in [9.17, 15) is 19.1 Å². The molecule has 1 fully saturated rings. The van der Waals surface area contributed by atoms with E-state index in [1.165, 1.54) is 11.7 Å².